The Balaban J connectivity index is 2.47. The van der Waals surface area contributed by atoms with Gasteiger partial charge in [0.05, 0.1) is 10.7 Å². The molecule has 6 heteroatoms. The standard InChI is InChI=1S/C11H15ClN2O2S/c1-17(16)6-2-5-14-11(15)8-3-4-10(13)9(12)7-8/h3-4,7H,2,5-6,13H2,1H3,(H,14,15). The molecule has 94 valence electrons. The second-order valence-corrected chi connectivity index (χ2v) is 5.58. The minimum Gasteiger partial charge on any atom is -0.398 e. The lowest BCUT2D eigenvalue weighted by Gasteiger charge is -2.05. The van der Waals surface area contributed by atoms with Crippen LogP contribution in [0.15, 0.2) is 18.2 Å². The maximum Gasteiger partial charge on any atom is 0.251 e. The van der Waals surface area contributed by atoms with E-state index in [1.54, 1.807) is 18.4 Å². The summed E-state index contributed by atoms with van der Waals surface area (Å²) >= 11 is 5.82. The van der Waals surface area contributed by atoms with Gasteiger partial charge >= 0.3 is 0 Å². The Labute approximate surface area is 108 Å². The third-order valence-electron chi connectivity index (χ3n) is 2.16. The summed E-state index contributed by atoms with van der Waals surface area (Å²) in [6.07, 6.45) is 2.33. The van der Waals surface area contributed by atoms with Crippen molar-refractivity contribution >= 4 is 34.0 Å². The molecule has 0 aliphatic rings. The molecule has 0 bridgehead atoms. The molecule has 1 aromatic rings. The quantitative estimate of drug-likeness (QED) is 0.630. The molecule has 0 spiro atoms. The minimum absolute atomic E-state index is 0.200. The molecule has 0 saturated heterocycles. The Morgan fingerprint density at radius 2 is 2.24 bits per heavy atom. The molecule has 1 amide bonds. The highest BCUT2D eigenvalue weighted by Crippen LogP contribution is 2.19. The highest BCUT2D eigenvalue weighted by molar-refractivity contribution is 7.84. The highest BCUT2D eigenvalue weighted by Gasteiger charge is 2.06. The number of nitrogens with one attached hydrogen (secondary N) is 1. The lowest BCUT2D eigenvalue weighted by atomic mass is 10.2. The van der Waals surface area contributed by atoms with Crippen molar-refractivity contribution in [3.63, 3.8) is 0 Å². The van der Waals surface area contributed by atoms with E-state index in [1.165, 1.54) is 6.07 Å². The lowest BCUT2D eigenvalue weighted by molar-refractivity contribution is 0.0954. The van der Waals surface area contributed by atoms with Crippen LogP contribution in [0.3, 0.4) is 0 Å². The van der Waals surface area contributed by atoms with E-state index < -0.39 is 10.8 Å². The minimum atomic E-state index is -0.820. The monoisotopic (exact) mass is 274 g/mol. The molecule has 0 aromatic heterocycles. The average molecular weight is 275 g/mol. The Hall–Kier alpha value is -1.07. The van der Waals surface area contributed by atoms with Gasteiger partial charge in [-0.3, -0.25) is 9.00 Å². The van der Waals surface area contributed by atoms with Gasteiger partial charge in [-0.25, -0.2) is 0 Å². The number of carbonyl (C=O) groups excluding carboxylic acids is 1. The smallest absolute Gasteiger partial charge is 0.251 e. The predicted octanol–water partition coefficient (Wildman–Crippen LogP) is 1.42. The van der Waals surface area contributed by atoms with E-state index in [4.69, 9.17) is 17.3 Å². The molecule has 1 rings (SSSR count). The number of benzene rings is 1. The largest absolute Gasteiger partial charge is 0.398 e. The topological polar surface area (TPSA) is 72.2 Å². The SMILES string of the molecule is CS(=O)CCCNC(=O)c1ccc(N)c(Cl)c1. The number of anilines is 1. The summed E-state index contributed by atoms with van der Waals surface area (Å²) in [7, 11) is -0.820. The van der Waals surface area contributed by atoms with E-state index in [0.717, 1.165) is 0 Å². The maximum atomic E-state index is 11.7. The van der Waals surface area contributed by atoms with Gasteiger partial charge in [-0.1, -0.05) is 11.6 Å². The zero-order valence-corrected chi connectivity index (χ0v) is 11.1. The number of nitrogens with two attached hydrogens (primary N) is 1. The van der Waals surface area contributed by atoms with Crippen LogP contribution in [-0.2, 0) is 10.8 Å². The van der Waals surface area contributed by atoms with Gasteiger partial charge in [0.25, 0.3) is 5.91 Å². The number of carbonyl (C=O) groups is 1. The summed E-state index contributed by atoms with van der Waals surface area (Å²) in [5.74, 6) is 0.386. The van der Waals surface area contributed by atoms with Crippen molar-refractivity contribution in [2.75, 3.05) is 24.3 Å². The summed E-state index contributed by atoms with van der Waals surface area (Å²) in [6.45, 7) is 0.500. The van der Waals surface area contributed by atoms with E-state index in [9.17, 15) is 9.00 Å². The van der Waals surface area contributed by atoms with Gasteiger partial charge in [0.2, 0.25) is 0 Å². The Morgan fingerprint density at radius 1 is 1.53 bits per heavy atom. The van der Waals surface area contributed by atoms with Crippen LogP contribution in [0.2, 0.25) is 5.02 Å². The van der Waals surface area contributed by atoms with Gasteiger partial charge in [0.15, 0.2) is 0 Å². The average Bonchev–Trinajstić information content (AvgIpc) is 2.27. The highest BCUT2D eigenvalue weighted by atomic mass is 35.5. The van der Waals surface area contributed by atoms with Crippen molar-refractivity contribution in [3.05, 3.63) is 28.8 Å². The predicted molar refractivity (Wildman–Crippen MR) is 71.7 cm³/mol. The van der Waals surface area contributed by atoms with Crippen LogP contribution in [0.4, 0.5) is 5.69 Å². The molecule has 0 aliphatic heterocycles. The van der Waals surface area contributed by atoms with Gasteiger partial charge in [-0.05, 0) is 24.6 Å². The van der Waals surface area contributed by atoms with Crippen LogP contribution >= 0.6 is 11.6 Å². The summed E-state index contributed by atoms with van der Waals surface area (Å²) in [5.41, 5.74) is 6.47. The third kappa shape index (κ3) is 4.75. The Bertz CT molecular complexity index is 437. The first-order chi connectivity index (χ1) is 8.00. The summed E-state index contributed by atoms with van der Waals surface area (Å²) in [5, 5.41) is 3.10. The fraction of sp³-hybridized carbons (Fsp3) is 0.364. The number of halogens is 1. The Morgan fingerprint density at radius 3 is 2.82 bits per heavy atom. The molecule has 1 unspecified atom stereocenters. The zero-order valence-electron chi connectivity index (χ0n) is 9.53. The van der Waals surface area contributed by atoms with Gasteiger partial charge < -0.3 is 11.1 Å². The molecular formula is C11H15ClN2O2S. The van der Waals surface area contributed by atoms with Crippen molar-refractivity contribution in [2.24, 2.45) is 0 Å². The second kappa shape index (κ2) is 6.61. The van der Waals surface area contributed by atoms with E-state index in [-0.39, 0.29) is 5.91 Å². The fourth-order valence-corrected chi connectivity index (χ4v) is 1.98. The van der Waals surface area contributed by atoms with Crippen LogP contribution < -0.4 is 11.1 Å². The van der Waals surface area contributed by atoms with E-state index in [2.05, 4.69) is 5.32 Å². The number of rotatable bonds is 5. The molecule has 3 N–H and O–H groups in total. The van der Waals surface area contributed by atoms with Crippen LogP contribution in [0.25, 0.3) is 0 Å². The molecular weight excluding hydrogens is 260 g/mol. The third-order valence-corrected chi connectivity index (χ3v) is 3.35. The molecule has 0 heterocycles. The maximum absolute atomic E-state index is 11.7. The first kappa shape index (κ1) is 14.0. The van der Waals surface area contributed by atoms with Crippen molar-refractivity contribution in [1.29, 1.82) is 0 Å². The van der Waals surface area contributed by atoms with Crippen molar-refractivity contribution in [3.8, 4) is 0 Å². The van der Waals surface area contributed by atoms with Crippen LogP contribution in [0.1, 0.15) is 16.8 Å². The first-order valence-corrected chi connectivity index (χ1v) is 7.24. The van der Waals surface area contributed by atoms with Crippen LogP contribution in [-0.4, -0.2) is 28.7 Å². The normalized spacial score (nSPS) is 12.1. The Kier molecular flexibility index (Phi) is 5.44. The van der Waals surface area contributed by atoms with E-state index in [1.807, 2.05) is 0 Å². The summed E-state index contributed by atoms with van der Waals surface area (Å²) in [4.78, 5) is 11.7. The van der Waals surface area contributed by atoms with Crippen LogP contribution in [0.5, 0.6) is 0 Å². The van der Waals surface area contributed by atoms with Crippen molar-refractivity contribution in [2.45, 2.75) is 6.42 Å². The van der Waals surface area contributed by atoms with Gasteiger partial charge in [-0.2, -0.15) is 0 Å². The molecule has 0 aliphatic carbocycles. The number of nitrogen functional groups attached to an aromatic ring is 1. The number of hydrogen-bond donors (Lipinski definition) is 2. The molecule has 0 saturated carbocycles. The molecule has 0 radical (unpaired) electrons. The van der Waals surface area contributed by atoms with Crippen LogP contribution in [0, 0.1) is 0 Å². The zero-order chi connectivity index (χ0) is 12.8. The summed E-state index contributed by atoms with van der Waals surface area (Å²) < 4.78 is 10.8. The van der Waals surface area contributed by atoms with E-state index in [0.29, 0.717) is 35.0 Å². The summed E-state index contributed by atoms with van der Waals surface area (Å²) in [6, 6.07) is 4.75. The second-order valence-electron chi connectivity index (χ2n) is 3.62. The lowest BCUT2D eigenvalue weighted by Crippen LogP contribution is -2.25. The van der Waals surface area contributed by atoms with Crippen molar-refractivity contribution < 1.29 is 9.00 Å². The van der Waals surface area contributed by atoms with Crippen molar-refractivity contribution in [1.82, 2.24) is 5.32 Å². The molecule has 17 heavy (non-hydrogen) atoms. The fourth-order valence-electron chi connectivity index (χ4n) is 1.25. The molecule has 4 nitrogen and oxygen atoms in total. The van der Waals surface area contributed by atoms with Gasteiger partial charge in [-0.15, -0.1) is 0 Å². The number of amides is 1. The molecule has 1 atom stereocenters. The van der Waals surface area contributed by atoms with Gasteiger partial charge in [0.1, 0.15) is 0 Å². The number of hydrogen-bond acceptors (Lipinski definition) is 3. The van der Waals surface area contributed by atoms with E-state index >= 15 is 0 Å². The first-order valence-electron chi connectivity index (χ1n) is 5.14. The molecule has 1 aromatic carbocycles. The van der Waals surface area contributed by atoms with Gasteiger partial charge in [0, 0.05) is 34.9 Å². The molecule has 0 fully saturated rings.